The Hall–Kier alpha value is -0.905. The zero-order chi connectivity index (χ0) is 13.0. The number of halogens is 1. The van der Waals surface area contributed by atoms with Gasteiger partial charge in [-0.2, -0.15) is 0 Å². The Morgan fingerprint density at radius 2 is 1.94 bits per heavy atom. The minimum Gasteiger partial charge on any atom is -0.423 e. The van der Waals surface area contributed by atoms with Gasteiger partial charge in [0.25, 0.3) is 0 Å². The van der Waals surface area contributed by atoms with Crippen LogP contribution in [0.25, 0.3) is 0 Å². The summed E-state index contributed by atoms with van der Waals surface area (Å²) in [6.45, 7) is 7.66. The summed E-state index contributed by atoms with van der Waals surface area (Å²) in [5, 5.41) is 18.1. The quantitative estimate of drug-likeness (QED) is 0.744. The zero-order valence-corrected chi connectivity index (χ0v) is 10.5. The molecule has 0 atom stereocenters. The van der Waals surface area contributed by atoms with Gasteiger partial charge in [-0.3, -0.25) is 4.90 Å². The molecule has 0 bridgehead atoms. The third-order valence-corrected chi connectivity index (χ3v) is 2.80. The summed E-state index contributed by atoms with van der Waals surface area (Å²) in [4.78, 5) is 2.17. The lowest BCUT2D eigenvalue weighted by Gasteiger charge is -2.25. The minimum atomic E-state index is -1.63. The Morgan fingerprint density at radius 1 is 1.29 bits per heavy atom. The van der Waals surface area contributed by atoms with Crippen molar-refractivity contribution in [3.05, 3.63) is 29.6 Å². The van der Waals surface area contributed by atoms with E-state index < -0.39 is 12.9 Å². The van der Waals surface area contributed by atoms with Gasteiger partial charge in [-0.1, -0.05) is 13.0 Å². The molecule has 1 aromatic rings. The van der Waals surface area contributed by atoms with Crippen LogP contribution < -0.4 is 5.46 Å². The number of nitrogens with zero attached hydrogens (tertiary/aromatic N) is 1. The molecule has 0 aromatic heterocycles. The second kappa shape index (κ2) is 6.14. The van der Waals surface area contributed by atoms with Gasteiger partial charge in [0.2, 0.25) is 0 Å². The predicted molar refractivity (Wildman–Crippen MR) is 67.4 cm³/mol. The molecule has 1 aromatic carbocycles. The monoisotopic (exact) mass is 239 g/mol. The Bertz CT molecular complexity index is 372. The summed E-state index contributed by atoms with van der Waals surface area (Å²) in [7, 11) is -1.63. The highest BCUT2D eigenvalue weighted by atomic mass is 19.1. The van der Waals surface area contributed by atoms with Gasteiger partial charge < -0.3 is 10.0 Å². The zero-order valence-electron chi connectivity index (χ0n) is 10.5. The molecule has 0 amide bonds. The summed E-state index contributed by atoms with van der Waals surface area (Å²) < 4.78 is 13.3. The van der Waals surface area contributed by atoms with Gasteiger partial charge in [-0.15, -0.1) is 0 Å². The van der Waals surface area contributed by atoms with E-state index in [1.807, 2.05) is 6.92 Å². The molecule has 5 heteroatoms. The van der Waals surface area contributed by atoms with Crippen molar-refractivity contribution in [2.24, 2.45) is 0 Å². The maximum atomic E-state index is 13.3. The normalized spacial score (nSPS) is 11.3. The van der Waals surface area contributed by atoms with Crippen molar-refractivity contribution in [1.29, 1.82) is 0 Å². The molecule has 1 rings (SSSR count). The van der Waals surface area contributed by atoms with Crippen LogP contribution in [0.4, 0.5) is 4.39 Å². The second-order valence-corrected chi connectivity index (χ2v) is 4.42. The van der Waals surface area contributed by atoms with Gasteiger partial charge in [0, 0.05) is 12.6 Å². The molecular weight excluding hydrogens is 220 g/mol. The van der Waals surface area contributed by atoms with Crippen LogP contribution in [0.5, 0.6) is 0 Å². The standard InChI is InChI=1S/C12H19BFNO2/c1-4-15(9(2)3)8-10-5-11(13(16)17)7-12(14)6-10/h5-7,9,16-17H,4,8H2,1-3H3. The number of hydrogen-bond donors (Lipinski definition) is 2. The second-order valence-electron chi connectivity index (χ2n) is 4.42. The van der Waals surface area contributed by atoms with Crippen LogP contribution >= 0.6 is 0 Å². The fourth-order valence-corrected chi connectivity index (χ4v) is 1.81. The van der Waals surface area contributed by atoms with Crippen LogP contribution in [-0.2, 0) is 6.54 Å². The maximum absolute atomic E-state index is 13.3. The van der Waals surface area contributed by atoms with Crippen LogP contribution in [-0.4, -0.2) is 34.7 Å². The first-order valence-electron chi connectivity index (χ1n) is 5.83. The van der Waals surface area contributed by atoms with E-state index in [-0.39, 0.29) is 5.46 Å². The minimum absolute atomic E-state index is 0.194. The highest BCUT2D eigenvalue weighted by Gasteiger charge is 2.15. The van der Waals surface area contributed by atoms with Gasteiger partial charge in [-0.05, 0) is 43.6 Å². The Morgan fingerprint density at radius 3 is 2.41 bits per heavy atom. The molecule has 2 N–H and O–H groups in total. The van der Waals surface area contributed by atoms with Crippen molar-refractivity contribution < 1.29 is 14.4 Å². The molecule has 0 aliphatic rings. The van der Waals surface area contributed by atoms with E-state index in [1.165, 1.54) is 6.07 Å². The molecular formula is C12H19BFNO2. The molecule has 94 valence electrons. The molecule has 0 heterocycles. The third kappa shape index (κ3) is 4.11. The summed E-state index contributed by atoms with van der Waals surface area (Å²) >= 11 is 0. The first kappa shape index (κ1) is 14.2. The van der Waals surface area contributed by atoms with E-state index >= 15 is 0 Å². The lowest BCUT2D eigenvalue weighted by Crippen LogP contribution is -2.33. The van der Waals surface area contributed by atoms with Crippen LogP contribution in [0.15, 0.2) is 18.2 Å². The van der Waals surface area contributed by atoms with E-state index in [0.29, 0.717) is 12.6 Å². The first-order valence-corrected chi connectivity index (χ1v) is 5.83. The van der Waals surface area contributed by atoms with E-state index in [4.69, 9.17) is 10.0 Å². The van der Waals surface area contributed by atoms with Crippen molar-refractivity contribution in [2.45, 2.75) is 33.4 Å². The molecule has 0 fully saturated rings. The summed E-state index contributed by atoms with van der Waals surface area (Å²) in [6.07, 6.45) is 0. The third-order valence-electron chi connectivity index (χ3n) is 2.80. The smallest absolute Gasteiger partial charge is 0.423 e. The van der Waals surface area contributed by atoms with Crippen LogP contribution in [0.3, 0.4) is 0 Å². The van der Waals surface area contributed by atoms with Crippen molar-refractivity contribution in [3.8, 4) is 0 Å². The first-order chi connectivity index (χ1) is 7.93. The van der Waals surface area contributed by atoms with E-state index in [0.717, 1.165) is 18.2 Å². The lowest BCUT2D eigenvalue weighted by molar-refractivity contribution is 0.224. The summed E-state index contributed by atoms with van der Waals surface area (Å²) in [5.41, 5.74) is 0.948. The molecule has 0 aliphatic carbocycles. The van der Waals surface area contributed by atoms with E-state index in [9.17, 15) is 4.39 Å². The molecule has 0 saturated carbocycles. The fourth-order valence-electron chi connectivity index (χ4n) is 1.81. The molecule has 3 nitrogen and oxygen atoms in total. The Labute approximate surface area is 102 Å². The van der Waals surface area contributed by atoms with Crippen molar-refractivity contribution in [2.75, 3.05) is 6.54 Å². The van der Waals surface area contributed by atoms with Gasteiger partial charge in [0.1, 0.15) is 5.82 Å². The largest absolute Gasteiger partial charge is 0.488 e. The van der Waals surface area contributed by atoms with Crippen LogP contribution in [0.1, 0.15) is 26.3 Å². The summed E-state index contributed by atoms with van der Waals surface area (Å²) in [5.74, 6) is -0.439. The van der Waals surface area contributed by atoms with Gasteiger partial charge in [0.15, 0.2) is 0 Å². The topological polar surface area (TPSA) is 43.7 Å². The molecule has 0 aliphatic heterocycles. The van der Waals surface area contributed by atoms with Gasteiger partial charge in [-0.25, -0.2) is 4.39 Å². The van der Waals surface area contributed by atoms with Gasteiger partial charge in [0.05, 0.1) is 0 Å². The van der Waals surface area contributed by atoms with Crippen LogP contribution in [0.2, 0.25) is 0 Å². The van der Waals surface area contributed by atoms with Crippen molar-refractivity contribution >= 4 is 12.6 Å². The number of rotatable bonds is 5. The molecule has 0 unspecified atom stereocenters. The average molecular weight is 239 g/mol. The fraction of sp³-hybridized carbons (Fsp3) is 0.500. The number of benzene rings is 1. The molecule has 0 radical (unpaired) electrons. The van der Waals surface area contributed by atoms with Crippen molar-refractivity contribution in [1.82, 2.24) is 4.90 Å². The average Bonchev–Trinajstić information content (AvgIpc) is 2.24. The Kier molecular flexibility index (Phi) is 5.12. The lowest BCUT2D eigenvalue weighted by atomic mass is 9.79. The molecule has 0 spiro atoms. The molecule has 0 saturated heterocycles. The predicted octanol–water partition coefficient (Wildman–Crippen LogP) is 0.736. The Balaban J connectivity index is 2.90. The maximum Gasteiger partial charge on any atom is 0.488 e. The van der Waals surface area contributed by atoms with Crippen LogP contribution in [0, 0.1) is 5.82 Å². The summed E-state index contributed by atoms with van der Waals surface area (Å²) in [6, 6.07) is 4.56. The number of hydrogen-bond acceptors (Lipinski definition) is 3. The van der Waals surface area contributed by atoms with E-state index in [1.54, 1.807) is 6.07 Å². The van der Waals surface area contributed by atoms with Gasteiger partial charge >= 0.3 is 7.12 Å². The van der Waals surface area contributed by atoms with Crippen molar-refractivity contribution in [3.63, 3.8) is 0 Å². The highest BCUT2D eigenvalue weighted by Crippen LogP contribution is 2.09. The van der Waals surface area contributed by atoms with E-state index in [2.05, 4.69) is 18.7 Å². The highest BCUT2D eigenvalue weighted by molar-refractivity contribution is 6.58. The molecule has 17 heavy (non-hydrogen) atoms. The SMILES string of the molecule is CCN(Cc1cc(F)cc(B(O)O)c1)C(C)C.